The lowest BCUT2D eigenvalue weighted by Gasteiger charge is -2.40. The fraction of sp³-hybridized carbons (Fsp3) is 0.909. The Balaban J connectivity index is 1.60. The topological polar surface area (TPSA) is 38.8 Å². The van der Waals surface area contributed by atoms with E-state index in [9.17, 15) is 4.79 Å². The summed E-state index contributed by atoms with van der Waals surface area (Å²) in [7, 11) is 3.23. The molecule has 2 saturated carbocycles. The number of carbonyl (C=O) groups excluding carboxylic acids is 1. The van der Waals surface area contributed by atoms with Gasteiger partial charge in [0.2, 0.25) is 5.91 Å². The molecule has 2 unspecified atom stereocenters. The zero-order chi connectivity index (χ0) is 10.6. The monoisotopic (exact) mass is 211 g/mol. The number of hydrogen-bond donors (Lipinski definition) is 0. The lowest BCUT2D eigenvalue weighted by Crippen LogP contribution is -2.42. The van der Waals surface area contributed by atoms with Crippen molar-refractivity contribution >= 4 is 5.91 Å². The molecule has 2 aliphatic carbocycles. The molecule has 3 fully saturated rings. The van der Waals surface area contributed by atoms with E-state index >= 15 is 0 Å². The van der Waals surface area contributed by atoms with E-state index in [1.54, 1.807) is 7.05 Å². The van der Waals surface area contributed by atoms with Gasteiger partial charge in [0.25, 0.3) is 0 Å². The van der Waals surface area contributed by atoms with Crippen LogP contribution < -0.4 is 0 Å². The molecule has 0 aromatic carbocycles. The van der Waals surface area contributed by atoms with Crippen molar-refractivity contribution in [3.05, 3.63) is 0 Å². The van der Waals surface area contributed by atoms with Crippen LogP contribution in [0.3, 0.4) is 0 Å². The van der Waals surface area contributed by atoms with Gasteiger partial charge in [0, 0.05) is 18.4 Å². The molecule has 0 bridgehead atoms. The van der Waals surface area contributed by atoms with E-state index in [0.717, 1.165) is 13.2 Å². The second-order valence-electron chi connectivity index (χ2n) is 5.27. The summed E-state index contributed by atoms with van der Waals surface area (Å²) in [5, 5.41) is 1.37. The minimum absolute atomic E-state index is 0.155. The molecule has 1 saturated heterocycles. The summed E-state index contributed by atoms with van der Waals surface area (Å²) in [6.45, 7) is 1.84. The quantitative estimate of drug-likeness (QED) is 0.630. The van der Waals surface area contributed by atoms with Gasteiger partial charge in [0.1, 0.15) is 0 Å². The average Bonchev–Trinajstić information content (AvgIpc) is 2.69. The highest BCUT2D eigenvalue weighted by atomic mass is 16.7. The first-order valence-corrected chi connectivity index (χ1v) is 5.56. The predicted octanol–water partition coefficient (Wildman–Crippen LogP) is 0.679. The maximum Gasteiger partial charge on any atom is 0.249 e. The highest BCUT2D eigenvalue weighted by Gasteiger charge is 2.66. The van der Waals surface area contributed by atoms with E-state index in [4.69, 9.17) is 9.57 Å². The summed E-state index contributed by atoms with van der Waals surface area (Å²) in [4.78, 5) is 16.8. The van der Waals surface area contributed by atoms with E-state index in [1.165, 1.54) is 25.0 Å². The number of nitrogens with zero attached hydrogens (tertiary/aromatic N) is 1. The number of rotatable bonds is 2. The van der Waals surface area contributed by atoms with Gasteiger partial charge in [0.05, 0.1) is 20.3 Å². The van der Waals surface area contributed by atoms with Crippen molar-refractivity contribution in [2.24, 2.45) is 23.2 Å². The Hall–Kier alpha value is -0.610. The standard InChI is InChI=1S/C11H17NO3/c1-12(14-2)10(13)9-7-3-11(4-8(7)9)5-15-6-11/h7-9H,3-6H2,1-2H3. The van der Waals surface area contributed by atoms with Crippen molar-refractivity contribution < 1.29 is 14.4 Å². The Morgan fingerprint density at radius 2 is 2.00 bits per heavy atom. The first-order valence-electron chi connectivity index (χ1n) is 5.56. The summed E-state index contributed by atoms with van der Waals surface area (Å²) < 4.78 is 5.27. The molecule has 1 aliphatic heterocycles. The lowest BCUT2D eigenvalue weighted by atomic mass is 9.80. The van der Waals surface area contributed by atoms with Crippen molar-refractivity contribution in [1.82, 2.24) is 5.06 Å². The summed E-state index contributed by atoms with van der Waals surface area (Å²) >= 11 is 0. The molecule has 0 aromatic rings. The number of hydrogen-bond acceptors (Lipinski definition) is 3. The number of ether oxygens (including phenoxy) is 1. The molecule has 2 atom stereocenters. The van der Waals surface area contributed by atoms with Gasteiger partial charge >= 0.3 is 0 Å². The molecule has 0 radical (unpaired) electrons. The summed E-state index contributed by atoms with van der Waals surface area (Å²) in [5.74, 6) is 1.61. The van der Waals surface area contributed by atoms with Crippen molar-refractivity contribution in [3.63, 3.8) is 0 Å². The third-order valence-corrected chi connectivity index (χ3v) is 4.35. The van der Waals surface area contributed by atoms with E-state index in [2.05, 4.69) is 0 Å². The molecule has 0 N–H and O–H groups in total. The average molecular weight is 211 g/mol. The molecule has 3 rings (SSSR count). The molecular formula is C11H17NO3. The zero-order valence-corrected chi connectivity index (χ0v) is 9.23. The van der Waals surface area contributed by atoms with Gasteiger partial charge in [-0.3, -0.25) is 9.63 Å². The minimum Gasteiger partial charge on any atom is -0.380 e. The van der Waals surface area contributed by atoms with Crippen LogP contribution in [0.4, 0.5) is 0 Å². The second kappa shape index (κ2) is 2.95. The summed E-state index contributed by atoms with van der Waals surface area (Å²) in [6.07, 6.45) is 2.37. The van der Waals surface area contributed by atoms with Crippen LogP contribution >= 0.6 is 0 Å². The Morgan fingerprint density at radius 3 is 2.40 bits per heavy atom. The number of carbonyl (C=O) groups is 1. The molecule has 15 heavy (non-hydrogen) atoms. The van der Waals surface area contributed by atoms with Crippen LogP contribution in [0.15, 0.2) is 0 Å². The maximum atomic E-state index is 11.8. The first-order chi connectivity index (χ1) is 7.17. The number of fused-ring (bicyclic) bond motifs is 1. The Morgan fingerprint density at radius 1 is 1.40 bits per heavy atom. The molecule has 0 aromatic heterocycles. The minimum atomic E-state index is 0.155. The first kappa shape index (κ1) is 9.60. The van der Waals surface area contributed by atoms with E-state index in [-0.39, 0.29) is 11.8 Å². The second-order valence-corrected chi connectivity index (χ2v) is 5.27. The van der Waals surface area contributed by atoms with Crippen LogP contribution in [0.2, 0.25) is 0 Å². The van der Waals surface area contributed by atoms with Crippen molar-refractivity contribution in [1.29, 1.82) is 0 Å². The summed E-state index contributed by atoms with van der Waals surface area (Å²) in [6, 6.07) is 0. The van der Waals surface area contributed by atoms with Crippen molar-refractivity contribution in [2.75, 3.05) is 27.4 Å². The van der Waals surface area contributed by atoms with E-state index in [0.29, 0.717) is 17.3 Å². The van der Waals surface area contributed by atoms with Crippen LogP contribution in [-0.2, 0) is 14.4 Å². The zero-order valence-electron chi connectivity index (χ0n) is 9.23. The van der Waals surface area contributed by atoms with Gasteiger partial charge in [-0.05, 0) is 24.7 Å². The smallest absolute Gasteiger partial charge is 0.249 e. The fourth-order valence-electron chi connectivity index (χ4n) is 3.38. The van der Waals surface area contributed by atoms with Gasteiger partial charge < -0.3 is 4.74 Å². The third-order valence-electron chi connectivity index (χ3n) is 4.35. The van der Waals surface area contributed by atoms with Crippen LogP contribution in [0, 0.1) is 23.2 Å². The normalized spacial score (nSPS) is 39.7. The van der Waals surface area contributed by atoms with Crippen molar-refractivity contribution in [2.45, 2.75) is 12.8 Å². The maximum absolute atomic E-state index is 11.8. The van der Waals surface area contributed by atoms with Gasteiger partial charge in [-0.25, -0.2) is 5.06 Å². The van der Waals surface area contributed by atoms with Gasteiger partial charge in [0.15, 0.2) is 0 Å². The molecule has 3 aliphatic rings. The molecule has 1 amide bonds. The SMILES string of the molecule is CON(C)C(=O)C1C2CC3(COC3)CC21. The van der Waals surface area contributed by atoms with Crippen molar-refractivity contribution in [3.8, 4) is 0 Å². The van der Waals surface area contributed by atoms with Gasteiger partial charge in [-0.1, -0.05) is 0 Å². The molecule has 4 heteroatoms. The summed E-state index contributed by atoms with van der Waals surface area (Å²) in [5.41, 5.74) is 0.456. The van der Waals surface area contributed by atoms with Crippen LogP contribution in [0.25, 0.3) is 0 Å². The Kier molecular flexibility index (Phi) is 1.89. The van der Waals surface area contributed by atoms with Crippen LogP contribution in [0.1, 0.15) is 12.8 Å². The Bertz CT molecular complexity index is 286. The Labute approximate surface area is 89.5 Å². The predicted molar refractivity (Wildman–Crippen MR) is 52.7 cm³/mol. The highest BCUT2D eigenvalue weighted by Crippen LogP contribution is 2.66. The van der Waals surface area contributed by atoms with E-state index in [1.807, 2.05) is 0 Å². The fourth-order valence-corrected chi connectivity index (χ4v) is 3.38. The number of amides is 1. The highest BCUT2D eigenvalue weighted by molar-refractivity contribution is 5.81. The molecule has 4 nitrogen and oxygen atoms in total. The molecule has 1 spiro atoms. The van der Waals surface area contributed by atoms with Gasteiger partial charge in [-0.15, -0.1) is 0 Å². The molecule has 84 valence electrons. The molecule has 1 heterocycles. The van der Waals surface area contributed by atoms with Crippen LogP contribution in [0.5, 0.6) is 0 Å². The third kappa shape index (κ3) is 1.24. The van der Waals surface area contributed by atoms with Gasteiger partial charge in [-0.2, -0.15) is 0 Å². The number of hydroxylamine groups is 2. The van der Waals surface area contributed by atoms with Crippen LogP contribution in [-0.4, -0.2) is 38.3 Å². The largest absolute Gasteiger partial charge is 0.380 e. The molecular weight excluding hydrogens is 194 g/mol. The van der Waals surface area contributed by atoms with E-state index < -0.39 is 0 Å². The lowest BCUT2D eigenvalue weighted by molar-refractivity contribution is -0.172.